The first-order chi connectivity index (χ1) is 10.7. The van der Waals surface area contributed by atoms with Crippen LogP contribution < -0.4 is 0 Å². The molecule has 0 radical (unpaired) electrons. The van der Waals surface area contributed by atoms with Gasteiger partial charge in [0, 0.05) is 43.6 Å². The van der Waals surface area contributed by atoms with Gasteiger partial charge in [0.15, 0.2) is 0 Å². The van der Waals surface area contributed by atoms with Gasteiger partial charge in [-0.1, -0.05) is 0 Å². The number of hydrogen-bond donors (Lipinski definition) is 0. The van der Waals surface area contributed by atoms with Gasteiger partial charge in [0.1, 0.15) is 5.82 Å². The number of aromatic nitrogens is 2. The summed E-state index contributed by atoms with van der Waals surface area (Å²) in [5, 5.41) is 0. The van der Waals surface area contributed by atoms with E-state index in [1.54, 1.807) is 0 Å². The molecule has 2 aliphatic heterocycles. The first-order valence-corrected chi connectivity index (χ1v) is 8.95. The molecular formula is C18H28N4. The molecule has 1 aliphatic carbocycles. The molecule has 1 aromatic rings. The monoisotopic (exact) mass is 300 g/mol. The summed E-state index contributed by atoms with van der Waals surface area (Å²) in [5.41, 5.74) is 1.35. The van der Waals surface area contributed by atoms with Gasteiger partial charge in [0.2, 0.25) is 0 Å². The molecule has 4 nitrogen and oxygen atoms in total. The molecule has 3 heterocycles. The molecular weight excluding hydrogens is 272 g/mol. The number of hydrogen-bond acceptors (Lipinski definition) is 4. The molecule has 22 heavy (non-hydrogen) atoms. The molecule has 0 amide bonds. The Morgan fingerprint density at radius 2 is 1.41 bits per heavy atom. The number of nitrogens with zero attached hydrogens (tertiary/aromatic N) is 4. The Balaban J connectivity index is 1.35. The van der Waals surface area contributed by atoms with Gasteiger partial charge in [0.25, 0.3) is 0 Å². The summed E-state index contributed by atoms with van der Waals surface area (Å²) >= 11 is 0. The van der Waals surface area contributed by atoms with E-state index in [9.17, 15) is 0 Å². The molecule has 2 saturated heterocycles. The lowest BCUT2D eigenvalue weighted by Crippen LogP contribution is -2.55. The van der Waals surface area contributed by atoms with Crippen molar-refractivity contribution >= 4 is 0 Å². The number of likely N-dealkylation sites (tertiary alicyclic amines) is 1. The number of rotatable bonds is 2. The largest absolute Gasteiger partial charge is 0.298 e. The molecule has 1 saturated carbocycles. The van der Waals surface area contributed by atoms with Gasteiger partial charge in [-0.25, -0.2) is 9.97 Å². The summed E-state index contributed by atoms with van der Waals surface area (Å²) in [6.45, 7) is 4.56. The van der Waals surface area contributed by atoms with Crippen LogP contribution in [0, 0.1) is 6.92 Å². The highest BCUT2D eigenvalue weighted by atomic mass is 15.3. The van der Waals surface area contributed by atoms with Crippen molar-refractivity contribution in [1.29, 1.82) is 0 Å². The van der Waals surface area contributed by atoms with E-state index in [4.69, 9.17) is 0 Å². The maximum Gasteiger partial charge on any atom is 0.125 e. The van der Waals surface area contributed by atoms with Crippen molar-refractivity contribution in [1.82, 2.24) is 19.8 Å². The minimum Gasteiger partial charge on any atom is -0.298 e. The van der Waals surface area contributed by atoms with Crippen molar-refractivity contribution in [3.05, 3.63) is 23.8 Å². The zero-order valence-corrected chi connectivity index (χ0v) is 13.9. The van der Waals surface area contributed by atoms with Crippen molar-refractivity contribution in [2.24, 2.45) is 0 Å². The van der Waals surface area contributed by atoms with Gasteiger partial charge in [-0.05, 0) is 64.0 Å². The summed E-state index contributed by atoms with van der Waals surface area (Å²) < 4.78 is 0. The van der Waals surface area contributed by atoms with E-state index in [2.05, 4.69) is 26.8 Å². The maximum atomic E-state index is 4.37. The molecule has 0 aromatic carbocycles. The van der Waals surface area contributed by atoms with Crippen LogP contribution in [0.5, 0.6) is 0 Å². The molecule has 4 rings (SSSR count). The first-order valence-electron chi connectivity index (χ1n) is 8.95. The number of fused-ring (bicyclic) bond motifs is 2. The average Bonchev–Trinajstić information content (AvgIpc) is 2.77. The Morgan fingerprint density at radius 3 is 2.00 bits per heavy atom. The van der Waals surface area contributed by atoms with E-state index >= 15 is 0 Å². The van der Waals surface area contributed by atoms with Gasteiger partial charge in [-0.3, -0.25) is 9.80 Å². The first kappa shape index (κ1) is 14.6. The molecule has 4 heteroatoms. The molecule has 2 atom stereocenters. The second kappa shape index (κ2) is 5.89. The normalized spacial score (nSPS) is 36.6. The fourth-order valence-electron chi connectivity index (χ4n) is 4.83. The van der Waals surface area contributed by atoms with E-state index < -0.39 is 0 Å². The Morgan fingerprint density at radius 1 is 0.864 bits per heavy atom. The Hall–Kier alpha value is -1.00. The highest BCUT2D eigenvalue weighted by Crippen LogP contribution is 2.37. The molecule has 2 unspecified atom stereocenters. The predicted molar refractivity (Wildman–Crippen MR) is 87.9 cm³/mol. The van der Waals surface area contributed by atoms with E-state index in [0.29, 0.717) is 5.92 Å². The number of aryl methyl sites for hydroxylation is 1. The summed E-state index contributed by atoms with van der Waals surface area (Å²) in [5.74, 6) is 1.56. The molecule has 2 bridgehead atoms. The van der Waals surface area contributed by atoms with Crippen LogP contribution in [0.15, 0.2) is 12.4 Å². The zero-order valence-electron chi connectivity index (χ0n) is 13.9. The highest BCUT2D eigenvalue weighted by molar-refractivity contribution is 5.13. The van der Waals surface area contributed by atoms with Gasteiger partial charge in [-0.2, -0.15) is 0 Å². The molecule has 120 valence electrons. The third kappa shape index (κ3) is 2.67. The summed E-state index contributed by atoms with van der Waals surface area (Å²) in [4.78, 5) is 14.2. The van der Waals surface area contributed by atoms with Crippen LogP contribution >= 0.6 is 0 Å². The summed E-state index contributed by atoms with van der Waals surface area (Å²) in [6, 6.07) is 2.46. The van der Waals surface area contributed by atoms with E-state index in [-0.39, 0.29) is 0 Å². The van der Waals surface area contributed by atoms with Crippen LogP contribution in [0.3, 0.4) is 0 Å². The van der Waals surface area contributed by atoms with Crippen LogP contribution in [-0.4, -0.2) is 58.0 Å². The lowest BCUT2D eigenvalue weighted by molar-refractivity contribution is 0.0429. The molecule has 0 N–H and O–H groups in total. The number of piperazine rings is 1. The quantitative estimate of drug-likeness (QED) is 0.840. The van der Waals surface area contributed by atoms with Crippen molar-refractivity contribution < 1.29 is 0 Å². The lowest BCUT2D eigenvalue weighted by Gasteiger charge is -2.44. The second-order valence-electron chi connectivity index (χ2n) is 7.57. The number of likely N-dealkylation sites (N-methyl/N-ethyl adjacent to an activating group) is 1. The van der Waals surface area contributed by atoms with E-state index in [1.807, 2.05) is 19.3 Å². The Kier molecular flexibility index (Phi) is 3.91. The third-order valence-corrected chi connectivity index (χ3v) is 6.36. The summed E-state index contributed by atoms with van der Waals surface area (Å²) in [7, 11) is 2.33. The van der Waals surface area contributed by atoms with Gasteiger partial charge in [0.05, 0.1) is 0 Å². The Bertz CT molecular complexity index is 492. The highest BCUT2D eigenvalue weighted by Gasteiger charge is 2.40. The van der Waals surface area contributed by atoms with Gasteiger partial charge >= 0.3 is 0 Å². The SMILES string of the molecule is Cc1ncc(C2CCC(N3CC4CCC(C3)N4C)CC2)cn1. The predicted octanol–water partition coefficient (Wildman–Crippen LogP) is 2.59. The van der Waals surface area contributed by atoms with Crippen molar-refractivity contribution in [3.63, 3.8) is 0 Å². The van der Waals surface area contributed by atoms with Crippen LogP contribution in [0.25, 0.3) is 0 Å². The minimum absolute atomic E-state index is 0.682. The second-order valence-corrected chi connectivity index (χ2v) is 7.57. The van der Waals surface area contributed by atoms with Crippen LogP contribution in [0.2, 0.25) is 0 Å². The lowest BCUT2D eigenvalue weighted by atomic mass is 9.82. The Labute approximate surface area is 133 Å². The summed E-state index contributed by atoms with van der Waals surface area (Å²) in [6.07, 6.45) is 12.2. The van der Waals surface area contributed by atoms with Crippen molar-refractivity contribution in [2.75, 3.05) is 20.1 Å². The smallest absolute Gasteiger partial charge is 0.125 e. The van der Waals surface area contributed by atoms with Crippen LogP contribution in [-0.2, 0) is 0 Å². The van der Waals surface area contributed by atoms with Crippen molar-refractivity contribution in [2.45, 2.75) is 69.5 Å². The maximum absolute atomic E-state index is 4.37. The average molecular weight is 300 g/mol. The molecule has 0 spiro atoms. The standard InChI is InChI=1S/C18H28N4/c1-13-19-9-15(10-20-13)14-3-5-16(6-4-14)22-11-17-7-8-18(12-22)21(17)2/h9-10,14,16-18H,3-8,11-12H2,1-2H3. The zero-order chi connectivity index (χ0) is 15.1. The molecule has 3 aliphatic rings. The molecule has 3 fully saturated rings. The van der Waals surface area contributed by atoms with Gasteiger partial charge < -0.3 is 0 Å². The third-order valence-electron chi connectivity index (χ3n) is 6.36. The topological polar surface area (TPSA) is 32.3 Å². The van der Waals surface area contributed by atoms with Crippen molar-refractivity contribution in [3.8, 4) is 0 Å². The van der Waals surface area contributed by atoms with E-state index in [1.165, 1.54) is 57.2 Å². The molecule has 1 aromatic heterocycles. The van der Waals surface area contributed by atoms with Gasteiger partial charge in [-0.15, -0.1) is 0 Å². The van der Waals surface area contributed by atoms with Crippen LogP contribution in [0.1, 0.15) is 55.8 Å². The van der Waals surface area contributed by atoms with E-state index in [0.717, 1.165) is 23.9 Å². The minimum atomic E-state index is 0.682. The fraction of sp³-hybridized carbons (Fsp3) is 0.778. The fourth-order valence-corrected chi connectivity index (χ4v) is 4.83. The van der Waals surface area contributed by atoms with Crippen LogP contribution in [0.4, 0.5) is 0 Å².